The van der Waals surface area contributed by atoms with Gasteiger partial charge < -0.3 is 18.9 Å². The molecule has 2 aliphatic heterocycles. The number of amides is 1. The summed E-state index contributed by atoms with van der Waals surface area (Å²) in [4.78, 5) is 26.4. The first-order chi connectivity index (χ1) is 12.9. The minimum Gasteiger partial charge on any atom is -0.454 e. The van der Waals surface area contributed by atoms with Crippen molar-refractivity contribution in [1.29, 1.82) is 0 Å². The van der Waals surface area contributed by atoms with Gasteiger partial charge in [0.1, 0.15) is 0 Å². The summed E-state index contributed by atoms with van der Waals surface area (Å²) >= 11 is 0. The number of benzene rings is 1. The van der Waals surface area contributed by atoms with Crippen molar-refractivity contribution in [1.82, 2.24) is 9.47 Å². The second kappa shape index (κ2) is 6.76. The van der Waals surface area contributed by atoms with E-state index in [0.717, 1.165) is 37.3 Å². The summed E-state index contributed by atoms with van der Waals surface area (Å²) in [5.74, 6) is 1.58. The Kier molecular flexibility index (Phi) is 4.42. The van der Waals surface area contributed by atoms with Gasteiger partial charge >= 0.3 is 0 Å². The Morgan fingerprint density at radius 3 is 2.81 bits per heavy atom. The van der Waals surface area contributed by atoms with E-state index < -0.39 is 0 Å². The fourth-order valence-electron chi connectivity index (χ4n) is 4.08. The number of rotatable bonds is 3. The predicted octanol–water partition coefficient (Wildman–Crippen LogP) is 2.60. The van der Waals surface area contributed by atoms with E-state index in [2.05, 4.69) is 13.0 Å². The van der Waals surface area contributed by atoms with Crippen LogP contribution in [0.4, 0.5) is 0 Å². The minimum atomic E-state index is -0.113. The minimum absolute atomic E-state index is 0.00225. The van der Waals surface area contributed by atoms with Crippen LogP contribution in [0.5, 0.6) is 11.5 Å². The van der Waals surface area contributed by atoms with Gasteiger partial charge in [-0.1, -0.05) is 13.0 Å². The molecular formula is C21H24N2O4. The van der Waals surface area contributed by atoms with Crippen molar-refractivity contribution in [3.63, 3.8) is 0 Å². The summed E-state index contributed by atoms with van der Waals surface area (Å²) in [5.41, 5.74) is 1.64. The monoisotopic (exact) mass is 368 g/mol. The lowest BCUT2D eigenvalue weighted by Gasteiger charge is -2.40. The number of aryl methyl sites for hydroxylation is 1. The van der Waals surface area contributed by atoms with Crippen LogP contribution in [-0.2, 0) is 13.5 Å². The van der Waals surface area contributed by atoms with Crippen molar-refractivity contribution in [2.24, 2.45) is 12.5 Å². The number of nitrogens with zero attached hydrogens (tertiary/aromatic N) is 2. The number of hydrogen-bond donors (Lipinski definition) is 0. The topological polar surface area (TPSA) is 60.8 Å². The molecular weight excluding hydrogens is 344 g/mol. The molecule has 0 N–H and O–H groups in total. The van der Waals surface area contributed by atoms with Gasteiger partial charge in [0, 0.05) is 32.4 Å². The van der Waals surface area contributed by atoms with E-state index in [4.69, 9.17) is 9.47 Å². The van der Waals surface area contributed by atoms with Gasteiger partial charge in [0.2, 0.25) is 12.4 Å². The summed E-state index contributed by atoms with van der Waals surface area (Å²) in [5, 5.41) is 0. The molecule has 0 radical (unpaired) electrons. The zero-order valence-corrected chi connectivity index (χ0v) is 15.7. The molecule has 6 heteroatoms. The van der Waals surface area contributed by atoms with E-state index in [1.54, 1.807) is 19.3 Å². The Hall–Kier alpha value is -2.76. The molecule has 0 unspecified atom stereocenters. The molecule has 142 valence electrons. The van der Waals surface area contributed by atoms with Crippen LogP contribution < -0.4 is 15.0 Å². The molecule has 2 aliphatic rings. The van der Waals surface area contributed by atoms with Gasteiger partial charge in [-0.05, 0) is 48.4 Å². The van der Waals surface area contributed by atoms with Crippen molar-refractivity contribution in [3.05, 3.63) is 58.0 Å². The van der Waals surface area contributed by atoms with Crippen LogP contribution in [0.15, 0.2) is 41.3 Å². The third kappa shape index (κ3) is 3.56. The van der Waals surface area contributed by atoms with E-state index in [9.17, 15) is 9.59 Å². The third-order valence-electron chi connectivity index (χ3n) is 5.47. The molecule has 3 heterocycles. The SMILES string of the molecule is Cn1cc(C(=O)N2CCC[C@@](C)(Cc3ccc4c(c3)OCO4)C2)ccc1=O. The average Bonchev–Trinajstić information content (AvgIpc) is 3.11. The number of aromatic nitrogens is 1. The molecule has 0 spiro atoms. The van der Waals surface area contributed by atoms with Gasteiger partial charge in [-0.2, -0.15) is 0 Å². The highest BCUT2D eigenvalue weighted by Gasteiger charge is 2.34. The van der Waals surface area contributed by atoms with E-state index in [-0.39, 0.29) is 23.7 Å². The van der Waals surface area contributed by atoms with Gasteiger partial charge in [0.15, 0.2) is 11.5 Å². The Bertz CT molecular complexity index is 936. The van der Waals surface area contributed by atoms with Crippen molar-refractivity contribution in [2.75, 3.05) is 19.9 Å². The zero-order chi connectivity index (χ0) is 19.0. The molecule has 4 rings (SSSR count). The van der Waals surface area contributed by atoms with Crippen LogP contribution in [0.1, 0.15) is 35.7 Å². The first-order valence-electron chi connectivity index (χ1n) is 9.28. The molecule has 1 saturated heterocycles. The molecule has 1 aromatic carbocycles. The smallest absolute Gasteiger partial charge is 0.255 e. The molecule has 1 atom stereocenters. The lowest BCUT2D eigenvalue weighted by atomic mass is 9.76. The maximum Gasteiger partial charge on any atom is 0.255 e. The fraction of sp³-hybridized carbons (Fsp3) is 0.429. The largest absolute Gasteiger partial charge is 0.454 e. The van der Waals surface area contributed by atoms with E-state index in [0.29, 0.717) is 12.1 Å². The van der Waals surface area contributed by atoms with E-state index >= 15 is 0 Å². The Morgan fingerprint density at radius 1 is 1.19 bits per heavy atom. The first kappa shape index (κ1) is 17.6. The lowest BCUT2D eigenvalue weighted by Crippen LogP contribution is -2.46. The zero-order valence-electron chi connectivity index (χ0n) is 15.7. The highest BCUT2D eigenvalue weighted by molar-refractivity contribution is 5.94. The molecule has 1 aromatic heterocycles. The van der Waals surface area contributed by atoms with Crippen molar-refractivity contribution in [3.8, 4) is 11.5 Å². The van der Waals surface area contributed by atoms with Gasteiger partial charge in [-0.25, -0.2) is 0 Å². The van der Waals surface area contributed by atoms with Crippen LogP contribution in [0.2, 0.25) is 0 Å². The molecule has 0 bridgehead atoms. The number of ether oxygens (including phenoxy) is 2. The second-order valence-electron chi connectivity index (χ2n) is 7.87. The third-order valence-corrected chi connectivity index (χ3v) is 5.47. The molecule has 1 amide bonds. The van der Waals surface area contributed by atoms with Crippen molar-refractivity contribution in [2.45, 2.75) is 26.2 Å². The quantitative estimate of drug-likeness (QED) is 0.836. The highest BCUT2D eigenvalue weighted by atomic mass is 16.7. The summed E-state index contributed by atoms with van der Waals surface area (Å²) in [6, 6.07) is 9.14. The maximum absolute atomic E-state index is 12.9. The van der Waals surface area contributed by atoms with Gasteiger partial charge in [-0.15, -0.1) is 0 Å². The average molecular weight is 368 g/mol. The molecule has 1 fully saturated rings. The molecule has 0 aliphatic carbocycles. The predicted molar refractivity (Wildman–Crippen MR) is 101 cm³/mol. The van der Waals surface area contributed by atoms with Gasteiger partial charge in [-0.3, -0.25) is 9.59 Å². The molecule has 6 nitrogen and oxygen atoms in total. The van der Waals surface area contributed by atoms with Crippen LogP contribution in [0, 0.1) is 5.41 Å². The van der Waals surface area contributed by atoms with Crippen LogP contribution >= 0.6 is 0 Å². The van der Waals surface area contributed by atoms with Crippen molar-refractivity contribution < 1.29 is 14.3 Å². The van der Waals surface area contributed by atoms with Crippen LogP contribution in [0.3, 0.4) is 0 Å². The number of hydrogen-bond acceptors (Lipinski definition) is 4. The van der Waals surface area contributed by atoms with Gasteiger partial charge in [0.25, 0.3) is 5.91 Å². The molecule has 2 aromatic rings. The Balaban J connectivity index is 1.50. The number of pyridine rings is 1. The summed E-state index contributed by atoms with van der Waals surface area (Å²) in [6.07, 6.45) is 4.53. The standard InChI is InChI=1S/C21H24N2O4/c1-21(11-15-4-6-17-18(10-15)27-14-26-17)8-3-9-23(13-21)20(25)16-5-7-19(24)22(2)12-16/h4-7,10,12H,3,8-9,11,13-14H2,1-2H3/t21-/m0/s1. The number of piperidine rings is 1. The maximum atomic E-state index is 12.9. The number of likely N-dealkylation sites (tertiary alicyclic amines) is 1. The number of fused-ring (bicyclic) bond motifs is 1. The molecule has 0 saturated carbocycles. The Labute approximate surface area is 158 Å². The van der Waals surface area contributed by atoms with E-state index in [1.165, 1.54) is 16.2 Å². The first-order valence-corrected chi connectivity index (χ1v) is 9.28. The highest BCUT2D eigenvalue weighted by Crippen LogP contribution is 2.37. The summed E-state index contributed by atoms with van der Waals surface area (Å²) in [7, 11) is 1.67. The van der Waals surface area contributed by atoms with Crippen LogP contribution in [-0.4, -0.2) is 35.3 Å². The van der Waals surface area contributed by atoms with Gasteiger partial charge in [0.05, 0.1) is 5.56 Å². The van der Waals surface area contributed by atoms with Crippen molar-refractivity contribution >= 4 is 5.91 Å². The van der Waals surface area contributed by atoms with E-state index in [1.807, 2.05) is 17.0 Å². The normalized spacial score (nSPS) is 21.3. The number of carbonyl (C=O) groups is 1. The summed E-state index contributed by atoms with van der Waals surface area (Å²) < 4.78 is 12.3. The lowest BCUT2D eigenvalue weighted by molar-refractivity contribution is 0.0550. The number of carbonyl (C=O) groups excluding carboxylic acids is 1. The Morgan fingerprint density at radius 2 is 2.00 bits per heavy atom. The second-order valence-corrected chi connectivity index (χ2v) is 7.87. The fourth-order valence-corrected chi connectivity index (χ4v) is 4.08. The summed E-state index contributed by atoms with van der Waals surface area (Å²) in [6.45, 7) is 3.96. The molecule has 27 heavy (non-hydrogen) atoms. The van der Waals surface area contributed by atoms with Crippen LogP contribution in [0.25, 0.3) is 0 Å².